The van der Waals surface area contributed by atoms with Crippen molar-refractivity contribution in [1.29, 1.82) is 0 Å². The van der Waals surface area contributed by atoms with Crippen LogP contribution >= 0.6 is 0 Å². The van der Waals surface area contributed by atoms with E-state index in [1.165, 1.54) is 12.3 Å². The number of benzene rings is 3. The Kier molecular flexibility index (Phi) is 7.31. The van der Waals surface area contributed by atoms with E-state index >= 15 is 0 Å². The number of carbonyl (C=O) groups excluding carboxylic acids is 1. The summed E-state index contributed by atoms with van der Waals surface area (Å²) in [4.78, 5) is 23.1. The molecular formula is C23H21N3O5. The number of nitro groups is 1. The molecule has 158 valence electrons. The molecule has 3 aromatic carbocycles. The van der Waals surface area contributed by atoms with Gasteiger partial charge in [-0.05, 0) is 31.2 Å². The second-order valence-electron chi connectivity index (χ2n) is 6.51. The van der Waals surface area contributed by atoms with Gasteiger partial charge < -0.3 is 9.47 Å². The Morgan fingerprint density at radius 2 is 1.74 bits per heavy atom. The van der Waals surface area contributed by atoms with Gasteiger partial charge in [-0.1, -0.05) is 42.5 Å². The molecule has 0 fully saturated rings. The predicted octanol–water partition coefficient (Wildman–Crippen LogP) is 4.12. The molecule has 0 spiro atoms. The van der Waals surface area contributed by atoms with Gasteiger partial charge in [-0.3, -0.25) is 14.9 Å². The second-order valence-corrected chi connectivity index (χ2v) is 6.51. The molecule has 0 unspecified atom stereocenters. The topological polar surface area (TPSA) is 103 Å². The molecule has 1 N–H and O–H groups in total. The Morgan fingerprint density at radius 1 is 1.03 bits per heavy atom. The molecule has 0 aromatic heterocycles. The maximum atomic E-state index is 12.5. The minimum Gasteiger partial charge on any atom is -0.490 e. The summed E-state index contributed by atoms with van der Waals surface area (Å²) >= 11 is 0. The van der Waals surface area contributed by atoms with Gasteiger partial charge in [0.05, 0.1) is 16.7 Å². The molecule has 0 bridgehead atoms. The number of rotatable bonds is 9. The predicted molar refractivity (Wildman–Crippen MR) is 117 cm³/mol. The van der Waals surface area contributed by atoms with Gasteiger partial charge in [-0.15, -0.1) is 0 Å². The van der Waals surface area contributed by atoms with Gasteiger partial charge in [0.15, 0.2) is 0 Å². The summed E-state index contributed by atoms with van der Waals surface area (Å²) in [5.41, 5.74) is 3.77. The maximum Gasteiger partial charge on any atom is 0.275 e. The van der Waals surface area contributed by atoms with Gasteiger partial charge in [0.2, 0.25) is 0 Å². The number of nitrogens with zero attached hydrogens (tertiary/aromatic N) is 2. The van der Waals surface area contributed by atoms with E-state index in [4.69, 9.17) is 9.47 Å². The third-order valence-corrected chi connectivity index (χ3v) is 4.29. The molecule has 8 nitrogen and oxygen atoms in total. The van der Waals surface area contributed by atoms with Gasteiger partial charge in [-0.25, -0.2) is 5.43 Å². The number of aryl methyl sites for hydroxylation is 1. The Labute approximate surface area is 179 Å². The number of ether oxygens (including phenoxy) is 2. The summed E-state index contributed by atoms with van der Waals surface area (Å²) in [6.07, 6.45) is 1.35. The Morgan fingerprint density at radius 3 is 2.52 bits per heavy atom. The number of hydrazone groups is 1. The maximum absolute atomic E-state index is 12.5. The van der Waals surface area contributed by atoms with Gasteiger partial charge in [0, 0.05) is 17.2 Å². The van der Waals surface area contributed by atoms with E-state index in [0.717, 1.165) is 5.75 Å². The van der Waals surface area contributed by atoms with Crippen molar-refractivity contribution < 1.29 is 19.2 Å². The zero-order valence-electron chi connectivity index (χ0n) is 16.9. The van der Waals surface area contributed by atoms with E-state index < -0.39 is 10.8 Å². The number of amides is 1. The summed E-state index contributed by atoms with van der Waals surface area (Å²) < 4.78 is 11.3. The van der Waals surface area contributed by atoms with Crippen molar-refractivity contribution in [2.24, 2.45) is 5.10 Å². The Bertz CT molecular complexity index is 1080. The van der Waals surface area contributed by atoms with Crippen molar-refractivity contribution in [2.75, 3.05) is 13.2 Å². The van der Waals surface area contributed by atoms with Crippen LogP contribution in [0.1, 0.15) is 21.5 Å². The first-order valence-electron chi connectivity index (χ1n) is 9.53. The molecule has 0 aliphatic rings. The van der Waals surface area contributed by atoms with Crippen LogP contribution < -0.4 is 14.9 Å². The van der Waals surface area contributed by atoms with Gasteiger partial charge in [0.25, 0.3) is 11.6 Å². The first-order valence-corrected chi connectivity index (χ1v) is 9.53. The van der Waals surface area contributed by atoms with Crippen LogP contribution in [0.15, 0.2) is 77.9 Å². The molecule has 0 atom stereocenters. The summed E-state index contributed by atoms with van der Waals surface area (Å²) in [5, 5.41) is 14.9. The van der Waals surface area contributed by atoms with Crippen LogP contribution in [0, 0.1) is 17.0 Å². The van der Waals surface area contributed by atoms with Crippen molar-refractivity contribution in [3.63, 3.8) is 0 Å². The fraction of sp³-hybridized carbons (Fsp3) is 0.130. The van der Waals surface area contributed by atoms with Crippen molar-refractivity contribution in [3.8, 4) is 11.5 Å². The van der Waals surface area contributed by atoms with Crippen molar-refractivity contribution in [2.45, 2.75) is 6.92 Å². The highest BCUT2D eigenvalue weighted by Gasteiger charge is 2.12. The van der Waals surface area contributed by atoms with E-state index in [2.05, 4.69) is 10.5 Å². The first kappa shape index (κ1) is 21.5. The molecule has 0 radical (unpaired) electrons. The number of carbonyl (C=O) groups is 1. The van der Waals surface area contributed by atoms with Crippen molar-refractivity contribution in [3.05, 3.63) is 99.6 Å². The molecular weight excluding hydrogens is 398 g/mol. The summed E-state index contributed by atoms with van der Waals surface area (Å²) in [5.74, 6) is 0.679. The monoisotopic (exact) mass is 419 g/mol. The molecule has 0 aliphatic heterocycles. The third kappa shape index (κ3) is 6.14. The molecule has 1 amide bonds. The molecule has 31 heavy (non-hydrogen) atoms. The zero-order valence-corrected chi connectivity index (χ0v) is 16.9. The quantitative estimate of drug-likeness (QED) is 0.243. The summed E-state index contributed by atoms with van der Waals surface area (Å²) in [6, 6.07) is 20.9. The minimum absolute atomic E-state index is 0.00764. The SMILES string of the molecule is Cc1ccc(/C=N\NC(=O)c2ccccc2OCCOc2ccccc2)cc1[N+](=O)[O-]. The fourth-order valence-corrected chi connectivity index (χ4v) is 2.74. The smallest absolute Gasteiger partial charge is 0.275 e. The molecule has 3 aromatic rings. The highest BCUT2D eigenvalue weighted by molar-refractivity contribution is 5.97. The number of nitro benzene ring substituents is 1. The third-order valence-electron chi connectivity index (χ3n) is 4.29. The first-order chi connectivity index (χ1) is 15.0. The average molecular weight is 419 g/mol. The summed E-state index contributed by atoms with van der Waals surface area (Å²) in [6.45, 7) is 2.24. The van der Waals surface area contributed by atoms with Gasteiger partial charge in [-0.2, -0.15) is 5.10 Å². The number of hydrogen-bond donors (Lipinski definition) is 1. The van der Waals surface area contributed by atoms with E-state index in [1.807, 2.05) is 30.3 Å². The average Bonchev–Trinajstić information content (AvgIpc) is 2.78. The Balaban J connectivity index is 1.57. The van der Waals surface area contributed by atoms with Gasteiger partial charge >= 0.3 is 0 Å². The molecule has 8 heteroatoms. The van der Waals surface area contributed by atoms with Gasteiger partial charge in [0.1, 0.15) is 24.7 Å². The normalized spacial score (nSPS) is 10.6. The van der Waals surface area contributed by atoms with Crippen LogP contribution in [0.5, 0.6) is 11.5 Å². The molecule has 3 rings (SSSR count). The fourth-order valence-electron chi connectivity index (χ4n) is 2.74. The molecule has 0 heterocycles. The van der Waals surface area contributed by atoms with Crippen LogP contribution in [-0.2, 0) is 0 Å². The lowest BCUT2D eigenvalue weighted by Crippen LogP contribution is -2.19. The van der Waals surface area contributed by atoms with E-state index in [0.29, 0.717) is 29.0 Å². The number of hydrogen-bond acceptors (Lipinski definition) is 6. The van der Waals surface area contributed by atoms with Crippen LogP contribution in [0.25, 0.3) is 0 Å². The largest absolute Gasteiger partial charge is 0.490 e. The second kappa shape index (κ2) is 10.5. The lowest BCUT2D eigenvalue weighted by atomic mass is 10.1. The van der Waals surface area contributed by atoms with Crippen LogP contribution in [0.4, 0.5) is 5.69 Å². The van der Waals surface area contributed by atoms with Crippen molar-refractivity contribution >= 4 is 17.8 Å². The van der Waals surface area contributed by atoms with Crippen LogP contribution in [0.3, 0.4) is 0 Å². The van der Waals surface area contributed by atoms with Crippen molar-refractivity contribution in [1.82, 2.24) is 5.43 Å². The zero-order chi connectivity index (χ0) is 22.1. The highest BCUT2D eigenvalue weighted by atomic mass is 16.6. The van der Waals surface area contributed by atoms with E-state index in [1.54, 1.807) is 43.3 Å². The van der Waals surface area contributed by atoms with E-state index in [9.17, 15) is 14.9 Å². The minimum atomic E-state index is -0.461. The lowest BCUT2D eigenvalue weighted by Gasteiger charge is -2.11. The molecule has 0 saturated carbocycles. The summed E-state index contributed by atoms with van der Waals surface area (Å²) in [7, 11) is 0. The van der Waals surface area contributed by atoms with E-state index in [-0.39, 0.29) is 12.3 Å². The lowest BCUT2D eigenvalue weighted by molar-refractivity contribution is -0.385. The van der Waals surface area contributed by atoms with Crippen LogP contribution in [0.2, 0.25) is 0 Å². The Hall–Kier alpha value is -4.20. The highest BCUT2D eigenvalue weighted by Crippen LogP contribution is 2.19. The number of nitrogens with one attached hydrogen (secondary N) is 1. The van der Waals surface area contributed by atoms with Crippen LogP contribution in [-0.4, -0.2) is 30.3 Å². The number of para-hydroxylation sites is 2. The molecule has 0 saturated heterocycles. The standard InChI is InChI=1S/C23H21N3O5/c1-17-11-12-18(15-21(17)26(28)29)16-24-25-23(27)20-9-5-6-10-22(20)31-14-13-30-19-7-3-2-4-8-19/h2-12,15-16H,13-14H2,1H3,(H,25,27)/b24-16-. The molecule has 0 aliphatic carbocycles.